The van der Waals surface area contributed by atoms with Crippen LogP contribution in [0.3, 0.4) is 0 Å². The molecule has 178 valence electrons. The van der Waals surface area contributed by atoms with Crippen LogP contribution in [-0.2, 0) is 11.3 Å². The van der Waals surface area contributed by atoms with E-state index in [2.05, 4.69) is 28.1 Å². The van der Waals surface area contributed by atoms with Gasteiger partial charge < -0.3 is 24.4 Å². The number of likely N-dealkylation sites (tertiary alicyclic amines) is 1. The first-order chi connectivity index (χ1) is 15.8. The first kappa shape index (κ1) is 23.2. The minimum absolute atomic E-state index is 0.293. The zero-order valence-corrected chi connectivity index (χ0v) is 19.9. The predicted molar refractivity (Wildman–Crippen MR) is 128 cm³/mol. The minimum Gasteiger partial charge on any atom is -0.493 e. The van der Waals surface area contributed by atoms with Crippen molar-refractivity contribution in [2.75, 3.05) is 59.6 Å². The summed E-state index contributed by atoms with van der Waals surface area (Å²) in [6, 6.07) is 6.14. The fraction of sp³-hybridized carbons (Fsp3) is 0.720. The van der Waals surface area contributed by atoms with Gasteiger partial charge in [-0.25, -0.2) is 4.99 Å². The smallest absolute Gasteiger partial charge is 0.194 e. The minimum atomic E-state index is 0.293. The summed E-state index contributed by atoms with van der Waals surface area (Å²) in [6.45, 7) is 10.7. The molecule has 4 rings (SSSR count). The average Bonchev–Trinajstić information content (AvgIpc) is 3.50. The molecule has 0 bridgehead atoms. The molecule has 1 unspecified atom stereocenters. The summed E-state index contributed by atoms with van der Waals surface area (Å²) in [5.41, 5.74) is 1.09. The zero-order valence-electron chi connectivity index (χ0n) is 19.9. The van der Waals surface area contributed by atoms with Gasteiger partial charge in [0.1, 0.15) is 0 Å². The van der Waals surface area contributed by atoms with Crippen LogP contribution in [0.15, 0.2) is 23.2 Å². The number of nitrogens with one attached hydrogen (secondary N) is 1. The second-order valence-corrected chi connectivity index (χ2v) is 9.16. The summed E-state index contributed by atoms with van der Waals surface area (Å²) in [7, 11) is 1.72. The number of rotatable bonds is 8. The Labute approximate surface area is 193 Å². The molecule has 0 spiro atoms. The highest BCUT2D eigenvalue weighted by Gasteiger charge is 2.27. The maximum atomic E-state index is 6.40. The van der Waals surface area contributed by atoms with Crippen LogP contribution in [0.25, 0.3) is 0 Å². The number of hydrogen-bond donors (Lipinski definition) is 1. The van der Waals surface area contributed by atoms with Crippen LogP contribution in [0.4, 0.5) is 0 Å². The number of benzene rings is 1. The van der Waals surface area contributed by atoms with E-state index < -0.39 is 0 Å². The second kappa shape index (κ2) is 11.8. The molecule has 0 amide bonds. The molecule has 1 aliphatic carbocycles. The molecule has 1 atom stereocenters. The van der Waals surface area contributed by atoms with Gasteiger partial charge in [-0.1, -0.05) is 12.1 Å². The van der Waals surface area contributed by atoms with Gasteiger partial charge in [-0.2, -0.15) is 0 Å². The van der Waals surface area contributed by atoms with Crippen molar-refractivity contribution < 1.29 is 14.2 Å². The van der Waals surface area contributed by atoms with Gasteiger partial charge in [0.25, 0.3) is 0 Å². The van der Waals surface area contributed by atoms with Crippen molar-refractivity contribution in [2.45, 2.75) is 51.7 Å². The molecule has 7 nitrogen and oxygen atoms in total. The Balaban J connectivity index is 1.42. The summed E-state index contributed by atoms with van der Waals surface area (Å²) in [4.78, 5) is 9.99. The monoisotopic (exact) mass is 444 g/mol. The number of methoxy groups -OCH3 is 1. The Morgan fingerprint density at radius 2 is 1.97 bits per heavy atom. The Hall–Kier alpha value is -1.99. The number of guanidine groups is 1. The molecule has 7 heteroatoms. The molecule has 1 aromatic rings. The Morgan fingerprint density at radius 3 is 2.72 bits per heavy atom. The first-order valence-corrected chi connectivity index (χ1v) is 12.4. The van der Waals surface area contributed by atoms with Crippen molar-refractivity contribution in [3.63, 3.8) is 0 Å². The third-order valence-corrected chi connectivity index (χ3v) is 6.81. The van der Waals surface area contributed by atoms with Gasteiger partial charge in [0.05, 0.1) is 33.0 Å². The van der Waals surface area contributed by atoms with Gasteiger partial charge in [-0.05, 0) is 51.0 Å². The molecule has 1 saturated carbocycles. The summed E-state index contributed by atoms with van der Waals surface area (Å²) in [5, 5.41) is 3.51. The van der Waals surface area contributed by atoms with Crippen LogP contribution >= 0.6 is 0 Å². The number of nitrogens with zero attached hydrogens (tertiary/aromatic N) is 3. The molecule has 32 heavy (non-hydrogen) atoms. The number of morpholine rings is 1. The van der Waals surface area contributed by atoms with Crippen molar-refractivity contribution in [1.29, 1.82) is 0 Å². The van der Waals surface area contributed by atoms with Crippen LogP contribution in [0.5, 0.6) is 11.5 Å². The maximum Gasteiger partial charge on any atom is 0.194 e. The molecule has 1 N–H and O–H groups in total. The van der Waals surface area contributed by atoms with Gasteiger partial charge in [0.2, 0.25) is 0 Å². The van der Waals surface area contributed by atoms with Crippen molar-refractivity contribution in [1.82, 2.24) is 15.1 Å². The van der Waals surface area contributed by atoms with Gasteiger partial charge in [-0.15, -0.1) is 0 Å². The van der Waals surface area contributed by atoms with E-state index in [0.717, 1.165) is 88.3 Å². The highest BCUT2D eigenvalue weighted by atomic mass is 16.5. The van der Waals surface area contributed by atoms with E-state index in [9.17, 15) is 0 Å². The molecular weight excluding hydrogens is 404 g/mol. The third-order valence-electron chi connectivity index (χ3n) is 6.81. The average molecular weight is 445 g/mol. The lowest BCUT2D eigenvalue weighted by atomic mass is 10.1. The van der Waals surface area contributed by atoms with E-state index in [0.29, 0.717) is 18.6 Å². The van der Waals surface area contributed by atoms with Crippen LogP contribution < -0.4 is 14.8 Å². The standard InChI is InChI=1S/C25H40N4O3/c1-3-26-25(29-12-11-20(19-29)18-28-13-15-31-16-14-28)27-17-21-7-6-10-23(30-2)24(21)32-22-8-4-5-9-22/h6-7,10,20,22H,3-5,8-9,11-19H2,1-2H3,(H,26,27). The number of para-hydroxylation sites is 1. The predicted octanol–water partition coefficient (Wildman–Crippen LogP) is 3.14. The second-order valence-electron chi connectivity index (χ2n) is 9.16. The molecular formula is C25H40N4O3. The maximum absolute atomic E-state index is 6.40. The summed E-state index contributed by atoms with van der Waals surface area (Å²) in [6.07, 6.45) is 6.26. The summed E-state index contributed by atoms with van der Waals surface area (Å²) >= 11 is 0. The van der Waals surface area contributed by atoms with Crippen LogP contribution in [0.1, 0.15) is 44.6 Å². The van der Waals surface area contributed by atoms with Crippen molar-refractivity contribution in [3.8, 4) is 11.5 Å². The topological polar surface area (TPSA) is 58.6 Å². The van der Waals surface area contributed by atoms with E-state index in [4.69, 9.17) is 19.2 Å². The van der Waals surface area contributed by atoms with E-state index in [1.165, 1.54) is 19.3 Å². The third kappa shape index (κ3) is 6.07. The van der Waals surface area contributed by atoms with Gasteiger partial charge in [0.15, 0.2) is 17.5 Å². The van der Waals surface area contributed by atoms with E-state index in [1.54, 1.807) is 7.11 Å². The normalized spacial score (nSPS) is 23.0. The lowest BCUT2D eigenvalue weighted by Crippen LogP contribution is -2.42. The van der Waals surface area contributed by atoms with Crippen LogP contribution in [-0.4, -0.2) is 81.5 Å². The molecule has 2 saturated heterocycles. The van der Waals surface area contributed by atoms with E-state index in [-0.39, 0.29) is 0 Å². The zero-order chi connectivity index (χ0) is 22.2. The van der Waals surface area contributed by atoms with E-state index >= 15 is 0 Å². The number of ether oxygens (including phenoxy) is 3. The van der Waals surface area contributed by atoms with Gasteiger partial charge in [-0.3, -0.25) is 4.90 Å². The molecule has 0 radical (unpaired) electrons. The van der Waals surface area contributed by atoms with Crippen LogP contribution in [0, 0.1) is 5.92 Å². The van der Waals surface area contributed by atoms with Gasteiger partial charge in [0, 0.05) is 44.8 Å². The highest BCUT2D eigenvalue weighted by molar-refractivity contribution is 5.80. The lowest BCUT2D eigenvalue weighted by Gasteiger charge is -2.29. The SMILES string of the molecule is CCNC(=NCc1cccc(OC)c1OC1CCCC1)N1CCC(CN2CCOCC2)C1. The molecule has 2 aliphatic heterocycles. The number of aliphatic imine (C=N–C) groups is 1. The van der Waals surface area contributed by atoms with Crippen molar-refractivity contribution in [2.24, 2.45) is 10.9 Å². The first-order valence-electron chi connectivity index (χ1n) is 12.4. The molecule has 1 aromatic carbocycles. The molecule has 3 fully saturated rings. The summed E-state index contributed by atoms with van der Waals surface area (Å²) in [5.74, 6) is 3.37. The molecule has 2 heterocycles. The Bertz CT molecular complexity index is 745. The number of hydrogen-bond acceptors (Lipinski definition) is 5. The summed E-state index contributed by atoms with van der Waals surface area (Å²) < 4.78 is 17.5. The largest absolute Gasteiger partial charge is 0.493 e. The van der Waals surface area contributed by atoms with Crippen molar-refractivity contribution >= 4 is 5.96 Å². The van der Waals surface area contributed by atoms with Gasteiger partial charge >= 0.3 is 0 Å². The highest BCUT2D eigenvalue weighted by Crippen LogP contribution is 2.35. The lowest BCUT2D eigenvalue weighted by molar-refractivity contribution is 0.0315. The molecule has 3 aliphatic rings. The fourth-order valence-corrected chi connectivity index (χ4v) is 5.06. The van der Waals surface area contributed by atoms with Crippen molar-refractivity contribution in [3.05, 3.63) is 23.8 Å². The molecule has 0 aromatic heterocycles. The van der Waals surface area contributed by atoms with Crippen LogP contribution in [0.2, 0.25) is 0 Å². The quantitative estimate of drug-likeness (QED) is 0.491. The van der Waals surface area contributed by atoms with E-state index in [1.807, 2.05) is 12.1 Å². The fourth-order valence-electron chi connectivity index (χ4n) is 5.06. The Morgan fingerprint density at radius 1 is 1.16 bits per heavy atom. The Kier molecular flexibility index (Phi) is 8.51.